The number of rotatable bonds is 2. The highest BCUT2D eigenvalue weighted by Crippen LogP contribution is 2.03. The Hall–Kier alpha value is -1.52. The Balaban J connectivity index is 2.58. The van der Waals surface area contributed by atoms with Gasteiger partial charge in [-0.25, -0.2) is 4.79 Å². The molecule has 1 aromatic rings. The van der Waals surface area contributed by atoms with Gasteiger partial charge in [0.25, 0.3) is 0 Å². The van der Waals surface area contributed by atoms with Gasteiger partial charge in [-0.3, -0.25) is 0 Å². The van der Waals surface area contributed by atoms with Crippen LogP contribution in [-0.4, -0.2) is 23.1 Å². The normalized spacial score (nSPS) is 9.83. The molecule has 0 aliphatic rings. The molecule has 0 fully saturated rings. The molecule has 2 N–H and O–H groups in total. The molecule has 1 rings (SSSR count). The molecule has 0 bridgehead atoms. The SMILES string of the molecule is Cc1cc(CN(C)C(N)=O)no1. The maximum absolute atomic E-state index is 10.6. The van der Waals surface area contributed by atoms with Crippen molar-refractivity contribution in [1.82, 2.24) is 10.1 Å². The van der Waals surface area contributed by atoms with Gasteiger partial charge in [-0.1, -0.05) is 5.16 Å². The van der Waals surface area contributed by atoms with Gasteiger partial charge in [0.2, 0.25) is 0 Å². The summed E-state index contributed by atoms with van der Waals surface area (Å²) in [4.78, 5) is 12.0. The minimum atomic E-state index is -0.476. The van der Waals surface area contributed by atoms with E-state index >= 15 is 0 Å². The first-order valence-electron chi connectivity index (χ1n) is 3.52. The van der Waals surface area contributed by atoms with Crippen LogP contribution < -0.4 is 5.73 Å². The van der Waals surface area contributed by atoms with Crippen LogP contribution >= 0.6 is 0 Å². The lowest BCUT2D eigenvalue weighted by Crippen LogP contribution is -2.31. The fraction of sp³-hybridized carbons (Fsp3) is 0.429. The molecule has 0 saturated heterocycles. The lowest BCUT2D eigenvalue weighted by atomic mass is 10.3. The van der Waals surface area contributed by atoms with Crippen LogP contribution in [0, 0.1) is 6.92 Å². The first-order chi connectivity index (χ1) is 5.59. The van der Waals surface area contributed by atoms with E-state index in [1.807, 2.05) is 0 Å². The highest BCUT2D eigenvalue weighted by atomic mass is 16.5. The minimum absolute atomic E-state index is 0.382. The van der Waals surface area contributed by atoms with E-state index in [2.05, 4.69) is 5.16 Å². The maximum Gasteiger partial charge on any atom is 0.314 e. The Morgan fingerprint density at radius 1 is 1.83 bits per heavy atom. The molecule has 12 heavy (non-hydrogen) atoms. The fourth-order valence-corrected chi connectivity index (χ4v) is 0.813. The van der Waals surface area contributed by atoms with Crippen molar-refractivity contribution in [3.05, 3.63) is 17.5 Å². The third kappa shape index (κ3) is 1.98. The van der Waals surface area contributed by atoms with E-state index in [1.165, 1.54) is 4.90 Å². The Bertz CT molecular complexity index is 282. The summed E-state index contributed by atoms with van der Waals surface area (Å²) in [5, 5.41) is 3.71. The number of hydrogen-bond acceptors (Lipinski definition) is 3. The second-order valence-corrected chi connectivity index (χ2v) is 2.62. The fourth-order valence-electron chi connectivity index (χ4n) is 0.813. The van der Waals surface area contributed by atoms with Crippen molar-refractivity contribution in [1.29, 1.82) is 0 Å². The van der Waals surface area contributed by atoms with Gasteiger partial charge in [0.15, 0.2) is 0 Å². The van der Waals surface area contributed by atoms with E-state index in [9.17, 15) is 4.79 Å². The molecule has 5 nitrogen and oxygen atoms in total. The first-order valence-corrected chi connectivity index (χ1v) is 3.52. The average molecular weight is 169 g/mol. The van der Waals surface area contributed by atoms with E-state index < -0.39 is 6.03 Å². The number of carbonyl (C=O) groups excluding carboxylic acids is 1. The molecule has 5 heteroatoms. The smallest absolute Gasteiger partial charge is 0.314 e. The highest BCUT2D eigenvalue weighted by Gasteiger charge is 2.06. The van der Waals surface area contributed by atoms with Crippen LogP contribution in [-0.2, 0) is 6.54 Å². The van der Waals surface area contributed by atoms with Gasteiger partial charge in [-0.05, 0) is 6.92 Å². The van der Waals surface area contributed by atoms with Crippen LogP contribution in [0.1, 0.15) is 11.5 Å². The van der Waals surface area contributed by atoms with Crippen molar-refractivity contribution >= 4 is 6.03 Å². The molecule has 0 unspecified atom stereocenters. The summed E-state index contributed by atoms with van der Waals surface area (Å²) in [7, 11) is 1.60. The third-order valence-corrected chi connectivity index (χ3v) is 1.45. The molecule has 0 atom stereocenters. The summed E-state index contributed by atoms with van der Waals surface area (Å²) in [6.07, 6.45) is 0. The van der Waals surface area contributed by atoms with Crippen molar-refractivity contribution in [2.75, 3.05) is 7.05 Å². The number of urea groups is 1. The molecule has 0 saturated carbocycles. The Morgan fingerprint density at radius 3 is 2.92 bits per heavy atom. The summed E-state index contributed by atoms with van der Waals surface area (Å²) in [5.74, 6) is 0.725. The quantitative estimate of drug-likeness (QED) is 0.700. The van der Waals surface area contributed by atoms with Gasteiger partial charge in [0.1, 0.15) is 11.5 Å². The van der Waals surface area contributed by atoms with E-state index in [0.29, 0.717) is 12.2 Å². The molecule has 66 valence electrons. The summed E-state index contributed by atoms with van der Waals surface area (Å²) in [6, 6.07) is 1.29. The predicted octanol–water partition coefficient (Wildman–Crippen LogP) is 0.494. The van der Waals surface area contributed by atoms with Crippen molar-refractivity contribution in [2.45, 2.75) is 13.5 Å². The van der Waals surface area contributed by atoms with Crippen LogP contribution in [0.5, 0.6) is 0 Å². The van der Waals surface area contributed by atoms with Crippen LogP contribution in [0.25, 0.3) is 0 Å². The van der Waals surface area contributed by atoms with Gasteiger partial charge >= 0.3 is 6.03 Å². The van der Waals surface area contributed by atoms with E-state index in [4.69, 9.17) is 10.3 Å². The number of amides is 2. The number of aryl methyl sites for hydroxylation is 1. The maximum atomic E-state index is 10.6. The van der Waals surface area contributed by atoms with E-state index in [-0.39, 0.29) is 0 Å². The van der Waals surface area contributed by atoms with Crippen LogP contribution in [0.4, 0.5) is 4.79 Å². The van der Waals surface area contributed by atoms with Crippen molar-refractivity contribution in [3.63, 3.8) is 0 Å². The number of primary amides is 1. The number of nitrogens with two attached hydrogens (primary N) is 1. The van der Waals surface area contributed by atoms with Gasteiger partial charge in [0.05, 0.1) is 6.54 Å². The molecular formula is C7H11N3O2. The molecule has 2 amide bonds. The second kappa shape index (κ2) is 3.25. The summed E-state index contributed by atoms with van der Waals surface area (Å²) in [5.41, 5.74) is 5.72. The zero-order valence-corrected chi connectivity index (χ0v) is 7.07. The average Bonchev–Trinajstić information content (AvgIpc) is 2.35. The van der Waals surface area contributed by atoms with Gasteiger partial charge in [0, 0.05) is 13.1 Å². The van der Waals surface area contributed by atoms with E-state index in [1.54, 1.807) is 20.0 Å². The zero-order chi connectivity index (χ0) is 9.14. The first kappa shape index (κ1) is 8.58. The highest BCUT2D eigenvalue weighted by molar-refractivity contribution is 5.71. The lowest BCUT2D eigenvalue weighted by Gasteiger charge is -2.10. The molecule has 1 aromatic heterocycles. The molecule has 0 aromatic carbocycles. The minimum Gasteiger partial charge on any atom is -0.361 e. The molecule has 0 aliphatic heterocycles. The van der Waals surface area contributed by atoms with Crippen molar-refractivity contribution < 1.29 is 9.32 Å². The van der Waals surface area contributed by atoms with Crippen LogP contribution in [0.2, 0.25) is 0 Å². The number of carbonyl (C=O) groups is 1. The number of aromatic nitrogens is 1. The largest absolute Gasteiger partial charge is 0.361 e. The second-order valence-electron chi connectivity index (χ2n) is 2.62. The third-order valence-electron chi connectivity index (χ3n) is 1.45. The number of nitrogens with zero attached hydrogens (tertiary/aromatic N) is 2. The summed E-state index contributed by atoms with van der Waals surface area (Å²) in [6.45, 7) is 2.17. The summed E-state index contributed by atoms with van der Waals surface area (Å²) < 4.78 is 4.82. The van der Waals surface area contributed by atoms with Gasteiger partial charge in [-0.15, -0.1) is 0 Å². The lowest BCUT2D eigenvalue weighted by molar-refractivity contribution is 0.215. The Kier molecular flexibility index (Phi) is 2.32. The standard InChI is InChI=1S/C7H11N3O2/c1-5-3-6(9-12-5)4-10(2)7(8)11/h3H,4H2,1-2H3,(H2,8,11). The molecule has 0 spiro atoms. The predicted molar refractivity (Wildman–Crippen MR) is 42.3 cm³/mol. The molecular weight excluding hydrogens is 158 g/mol. The van der Waals surface area contributed by atoms with Crippen LogP contribution in [0.3, 0.4) is 0 Å². The summed E-state index contributed by atoms with van der Waals surface area (Å²) >= 11 is 0. The van der Waals surface area contributed by atoms with Crippen molar-refractivity contribution in [2.24, 2.45) is 5.73 Å². The van der Waals surface area contributed by atoms with Crippen LogP contribution in [0.15, 0.2) is 10.6 Å². The van der Waals surface area contributed by atoms with Gasteiger partial charge < -0.3 is 15.2 Å². The van der Waals surface area contributed by atoms with Gasteiger partial charge in [-0.2, -0.15) is 0 Å². The molecule has 0 aliphatic carbocycles. The topological polar surface area (TPSA) is 72.4 Å². The van der Waals surface area contributed by atoms with Crippen molar-refractivity contribution in [3.8, 4) is 0 Å². The number of hydrogen-bond donors (Lipinski definition) is 1. The molecule has 1 heterocycles. The Labute approximate surface area is 70.1 Å². The van der Waals surface area contributed by atoms with E-state index in [0.717, 1.165) is 5.76 Å². The monoisotopic (exact) mass is 169 g/mol. The Morgan fingerprint density at radius 2 is 2.50 bits per heavy atom. The molecule has 0 radical (unpaired) electrons. The zero-order valence-electron chi connectivity index (χ0n) is 7.07.